The number of amides is 2. The van der Waals surface area contributed by atoms with Crippen molar-refractivity contribution >= 4 is 17.5 Å². The number of ether oxygens (including phenoxy) is 2. The van der Waals surface area contributed by atoms with Gasteiger partial charge < -0.3 is 14.8 Å². The van der Waals surface area contributed by atoms with Gasteiger partial charge in [0, 0.05) is 19.5 Å². The zero-order valence-electron chi connectivity index (χ0n) is 14.9. The van der Waals surface area contributed by atoms with Crippen LogP contribution in [0.15, 0.2) is 42.5 Å². The molecule has 6 nitrogen and oxygen atoms in total. The van der Waals surface area contributed by atoms with Gasteiger partial charge in [-0.2, -0.15) is 0 Å². The zero-order valence-corrected chi connectivity index (χ0v) is 14.9. The van der Waals surface area contributed by atoms with Crippen LogP contribution < -0.4 is 19.7 Å². The van der Waals surface area contributed by atoms with E-state index in [0.717, 1.165) is 5.56 Å². The highest BCUT2D eigenvalue weighted by Crippen LogP contribution is 2.32. The van der Waals surface area contributed by atoms with Gasteiger partial charge in [-0.1, -0.05) is 12.1 Å². The van der Waals surface area contributed by atoms with E-state index in [0.29, 0.717) is 17.2 Å². The smallest absolute Gasteiger partial charge is 0.240 e. The summed E-state index contributed by atoms with van der Waals surface area (Å²) in [5.74, 6) is 0.0166. The molecule has 0 aliphatic carbocycles. The summed E-state index contributed by atoms with van der Waals surface area (Å²) in [4.78, 5) is 25.6. The van der Waals surface area contributed by atoms with Crippen LogP contribution in [0.3, 0.4) is 0 Å². The van der Waals surface area contributed by atoms with Gasteiger partial charge in [-0.3, -0.25) is 14.5 Å². The number of carbonyl (C=O) groups excluding carboxylic acids is 2. The highest BCUT2D eigenvalue weighted by atomic mass is 19.1. The Kier molecular flexibility index (Phi) is 6.54. The van der Waals surface area contributed by atoms with Gasteiger partial charge in [0.05, 0.1) is 19.9 Å². The summed E-state index contributed by atoms with van der Waals surface area (Å²) < 4.78 is 23.3. The van der Waals surface area contributed by atoms with Crippen LogP contribution >= 0.6 is 0 Å². The van der Waals surface area contributed by atoms with Crippen LogP contribution in [0.5, 0.6) is 11.5 Å². The second-order valence-electron chi connectivity index (χ2n) is 5.55. The van der Waals surface area contributed by atoms with Gasteiger partial charge in [0.1, 0.15) is 23.9 Å². The molecule has 0 saturated carbocycles. The van der Waals surface area contributed by atoms with E-state index >= 15 is 0 Å². The molecule has 2 aromatic rings. The lowest BCUT2D eigenvalue weighted by Crippen LogP contribution is -2.39. The van der Waals surface area contributed by atoms with Gasteiger partial charge in [-0.05, 0) is 29.8 Å². The predicted molar refractivity (Wildman–Crippen MR) is 95.8 cm³/mol. The van der Waals surface area contributed by atoms with Crippen LogP contribution in [-0.4, -0.2) is 32.6 Å². The average Bonchev–Trinajstić information content (AvgIpc) is 2.65. The van der Waals surface area contributed by atoms with E-state index in [4.69, 9.17) is 9.47 Å². The highest BCUT2D eigenvalue weighted by molar-refractivity contribution is 5.98. The van der Waals surface area contributed by atoms with Crippen molar-refractivity contribution in [1.29, 1.82) is 0 Å². The Morgan fingerprint density at radius 1 is 1.08 bits per heavy atom. The van der Waals surface area contributed by atoms with E-state index in [1.165, 1.54) is 38.2 Å². The molecule has 7 heteroatoms. The van der Waals surface area contributed by atoms with Crippen molar-refractivity contribution in [1.82, 2.24) is 5.32 Å². The number of hydrogen-bond acceptors (Lipinski definition) is 4. The van der Waals surface area contributed by atoms with Crippen LogP contribution in [-0.2, 0) is 16.1 Å². The summed E-state index contributed by atoms with van der Waals surface area (Å²) in [5, 5.41) is 2.71. The van der Waals surface area contributed by atoms with E-state index in [9.17, 15) is 14.0 Å². The molecule has 0 aliphatic rings. The minimum Gasteiger partial charge on any atom is -0.497 e. The van der Waals surface area contributed by atoms with Crippen molar-refractivity contribution < 1.29 is 23.5 Å². The molecular weight excluding hydrogens is 339 g/mol. The number of methoxy groups -OCH3 is 2. The molecule has 26 heavy (non-hydrogen) atoms. The first-order chi connectivity index (χ1) is 12.4. The second kappa shape index (κ2) is 8.84. The molecule has 0 bridgehead atoms. The molecule has 1 N–H and O–H groups in total. The van der Waals surface area contributed by atoms with Gasteiger partial charge in [-0.25, -0.2) is 4.39 Å². The van der Waals surface area contributed by atoms with Crippen molar-refractivity contribution in [3.63, 3.8) is 0 Å². The normalized spacial score (nSPS) is 10.2. The quantitative estimate of drug-likeness (QED) is 0.824. The molecule has 2 amide bonds. The third-order valence-corrected chi connectivity index (χ3v) is 3.76. The molecule has 0 aromatic heterocycles. The van der Waals surface area contributed by atoms with E-state index in [1.807, 2.05) is 0 Å². The van der Waals surface area contributed by atoms with Crippen molar-refractivity contribution in [2.24, 2.45) is 0 Å². The predicted octanol–water partition coefficient (Wildman–Crippen LogP) is 2.51. The molecule has 2 aromatic carbocycles. The number of anilines is 1. The Balaban J connectivity index is 2.09. The molecule has 0 aliphatic heterocycles. The van der Waals surface area contributed by atoms with Crippen molar-refractivity contribution in [2.75, 3.05) is 25.7 Å². The third kappa shape index (κ3) is 4.95. The van der Waals surface area contributed by atoms with Crippen LogP contribution in [0.1, 0.15) is 12.5 Å². The Hall–Kier alpha value is -3.09. The topological polar surface area (TPSA) is 67.9 Å². The summed E-state index contributed by atoms with van der Waals surface area (Å²) in [6.07, 6.45) is 0. The maximum Gasteiger partial charge on any atom is 0.240 e. The highest BCUT2D eigenvalue weighted by Gasteiger charge is 2.20. The maximum atomic E-state index is 12.9. The van der Waals surface area contributed by atoms with Crippen molar-refractivity contribution in [2.45, 2.75) is 13.5 Å². The molecule has 0 fully saturated rings. The number of benzene rings is 2. The first-order valence-corrected chi connectivity index (χ1v) is 7.96. The number of carbonyl (C=O) groups is 2. The first-order valence-electron chi connectivity index (χ1n) is 7.96. The SMILES string of the molecule is COc1ccc(N(CC(=O)NCc2ccc(F)cc2)C(C)=O)c(OC)c1. The molecule has 0 spiro atoms. The number of halogens is 1. The van der Waals surface area contributed by atoms with Crippen LogP contribution in [0.25, 0.3) is 0 Å². The van der Waals surface area contributed by atoms with Crippen LogP contribution in [0.2, 0.25) is 0 Å². The number of nitrogens with zero attached hydrogens (tertiary/aromatic N) is 1. The summed E-state index contributed by atoms with van der Waals surface area (Å²) in [6.45, 7) is 1.45. The molecule has 0 unspecified atom stereocenters. The first kappa shape index (κ1) is 19.2. The molecule has 0 atom stereocenters. The second-order valence-corrected chi connectivity index (χ2v) is 5.55. The van der Waals surface area contributed by atoms with Crippen LogP contribution in [0, 0.1) is 5.82 Å². The molecule has 2 rings (SSSR count). The molecule has 0 saturated heterocycles. The fourth-order valence-corrected chi connectivity index (χ4v) is 2.38. The average molecular weight is 360 g/mol. The van der Waals surface area contributed by atoms with Crippen molar-refractivity contribution in [3.8, 4) is 11.5 Å². The number of nitrogens with one attached hydrogen (secondary N) is 1. The Labute approximate surface area is 151 Å². The Bertz CT molecular complexity index is 778. The van der Waals surface area contributed by atoms with Gasteiger partial charge >= 0.3 is 0 Å². The van der Waals surface area contributed by atoms with E-state index in [-0.39, 0.29) is 30.7 Å². The Morgan fingerprint density at radius 3 is 2.35 bits per heavy atom. The largest absolute Gasteiger partial charge is 0.497 e. The van der Waals surface area contributed by atoms with Gasteiger partial charge in [0.2, 0.25) is 11.8 Å². The van der Waals surface area contributed by atoms with Gasteiger partial charge in [-0.15, -0.1) is 0 Å². The van der Waals surface area contributed by atoms with E-state index < -0.39 is 0 Å². The summed E-state index contributed by atoms with van der Waals surface area (Å²) >= 11 is 0. The summed E-state index contributed by atoms with van der Waals surface area (Å²) in [6, 6.07) is 10.8. The molecule has 0 heterocycles. The Morgan fingerprint density at radius 2 is 1.77 bits per heavy atom. The lowest BCUT2D eigenvalue weighted by molar-refractivity contribution is -0.123. The van der Waals surface area contributed by atoms with E-state index in [2.05, 4.69) is 5.32 Å². The fourth-order valence-electron chi connectivity index (χ4n) is 2.38. The lowest BCUT2D eigenvalue weighted by Gasteiger charge is -2.23. The number of hydrogen-bond donors (Lipinski definition) is 1. The number of rotatable bonds is 7. The monoisotopic (exact) mass is 360 g/mol. The summed E-state index contributed by atoms with van der Waals surface area (Å²) in [7, 11) is 3.01. The minimum atomic E-state index is -0.345. The van der Waals surface area contributed by atoms with E-state index in [1.54, 1.807) is 30.3 Å². The minimum absolute atomic E-state index is 0.167. The fraction of sp³-hybridized carbons (Fsp3) is 0.263. The third-order valence-electron chi connectivity index (χ3n) is 3.76. The standard InChI is InChI=1S/C19H21FN2O4/c1-13(23)22(17-9-8-16(25-2)10-18(17)26-3)12-19(24)21-11-14-4-6-15(20)7-5-14/h4-10H,11-12H2,1-3H3,(H,21,24). The molecule has 0 radical (unpaired) electrons. The van der Waals surface area contributed by atoms with Crippen LogP contribution in [0.4, 0.5) is 10.1 Å². The zero-order chi connectivity index (χ0) is 19.1. The lowest BCUT2D eigenvalue weighted by atomic mass is 10.2. The molecule has 138 valence electrons. The molecular formula is C19H21FN2O4. The van der Waals surface area contributed by atoms with Gasteiger partial charge in [0.15, 0.2) is 0 Å². The maximum absolute atomic E-state index is 12.9. The summed E-state index contributed by atoms with van der Waals surface area (Å²) in [5.41, 5.74) is 1.23. The van der Waals surface area contributed by atoms with Crippen molar-refractivity contribution in [3.05, 3.63) is 53.8 Å². The van der Waals surface area contributed by atoms with Gasteiger partial charge in [0.25, 0.3) is 0 Å².